The molecule has 0 bridgehead atoms. The average molecular weight is 153 g/mol. The molecule has 0 aliphatic heterocycles. The van der Waals surface area contributed by atoms with Crippen LogP contribution in [0.25, 0.3) is 0 Å². The molecular formula is C10H19N. The molecule has 0 aliphatic carbocycles. The second-order valence-electron chi connectivity index (χ2n) is 3.62. The minimum absolute atomic E-state index is 0.367. The Kier molecular flexibility index (Phi) is 4.98. The highest BCUT2D eigenvalue weighted by molar-refractivity contribution is 4.98. The van der Waals surface area contributed by atoms with Gasteiger partial charge in [-0.05, 0) is 32.4 Å². The van der Waals surface area contributed by atoms with Crippen LogP contribution in [0.5, 0.6) is 0 Å². The van der Waals surface area contributed by atoms with Gasteiger partial charge in [-0.25, -0.2) is 0 Å². The molecule has 0 aromatic rings. The van der Waals surface area contributed by atoms with Crippen molar-refractivity contribution < 1.29 is 0 Å². The highest BCUT2D eigenvalue weighted by atomic mass is 14.8. The van der Waals surface area contributed by atoms with Crippen LogP contribution in [0.3, 0.4) is 0 Å². The lowest BCUT2D eigenvalue weighted by atomic mass is 9.86. The summed E-state index contributed by atoms with van der Waals surface area (Å²) in [4.78, 5) is 0. The van der Waals surface area contributed by atoms with Crippen molar-refractivity contribution in [3.63, 3.8) is 0 Å². The zero-order valence-electron chi connectivity index (χ0n) is 8.12. The molecule has 0 heterocycles. The summed E-state index contributed by atoms with van der Waals surface area (Å²) in [6.45, 7) is 7.50. The topological polar surface area (TPSA) is 12.0 Å². The molecule has 0 radical (unpaired) electrons. The molecule has 1 heteroatoms. The molecule has 1 nitrogen and oxygen atoms in total. The lowest BCUT2D eigenvalue weighted by Crippen LogP contribution is -2.18. The van der Waals surface area contributed by atoms with Crippen molar-refractivity contribution in [3.05, 3.63) is 0 Å². The summed E-state index contributed by atoms with van der Waals surface area (Å²) in [6.07, 6.45) is 2.20. The fourth-order valence-corrected chi connectivity index (χ4v) is 0.879. The van der Waals surface area contributed by atoms with E-state index in [0.29, 0.717) is 5.41 Å². The summed E-state index contributed by atoms with van der Waals surface area (Å²) in [7, 11) is 1.99. The number of hydrogen-bond acceptors (Lipinski definition) is 1. The smallest absolute Gasteiger partial charge is 0.0140 e. The van der Waals surface area contributed by atoms with Crippen LogP contribution in [0.1, 0.15) is 33.6 Å². The third kappa shape index (κ3) is 5.94. The third-order valence-electron chi connectivity index (χ3n) is 1.80. The van der Waals surface area contributed by atoms with E-state index in [4.69, 9.17) is 0 Å². The van der Waals surface area contributed by atoms with Crippen LogP contribution in [0.15, 0.2) is 0 Å². The minimum Gasteiger partial charge on any atom is -0.320 e. The van der Waals surface area contributed by atoms with Crippen LogP contribution >= 0.6 is 0 Å². The zero-order valence-corrected chi connectivity index (χ0v) is 8.12. The second kappa shape index (κ2) is 5.21. The van der Waals surface area contributed by atoms with Crippen LogP contribution in [0, 0.1) is 17.3 Å². The Hall–Kier alpha value is -0.480. The third-order valence-corrected chi connectivity index (χ3v) is 1.80. The van der Waals surface area contributed by atoms with Gasteiger partial charge in [0.05, 0.1) is 0 Å². The summed E-state index contributed by atoms with van der Waals surface area (Å²) in [6, 6.07) is 0. The minimum atomic E-state index is 0.367. The first-order chi connectivity index (χ1) is 5.12. The van der Waals surface area contributed by atoms with E-state index >= 15 is 0 Å². The molecule has 0 rings (SSSR count). The summed E-state index contributed by atoms with van der Waals surface area (Å²) in [5.74, 6) is 6.05. The number of hydrogen-bond donors (Lipinski definition) is 1. The fourth-order valence-electron chi connectivity index (χ4n) is 0.879. The van der Waals surface area contributed by atoms with Gasteiger partial charge >= 0.3 is 0 Å². The van der Waals surface area contributed by atoms with Crippen molar-refractivity contribution in [2.24, 2.45) is 5.41 Å². The van der Waals surface area contributed by atoms with Crippen molar-refractivity contribution in [2.75, 3.05) is 13.6 Å². The molecule has 0 saturated carbocycles. The van der Waals surface area contributed by atoms with Crippen LogP contribution in [-0.4, -0.2) is 13.6 Å². The van der Waals surface area contributed by atoms with Crippen LogP contribution in [0.4, 0.5) is 0 Å². The van der Waals surface area contributed by atoms with Gasteiger partial charge in [0.1, 0.15) is 0 Å². The Balaban J connectivity index is 3.66. The van der Waals surface area contributed by atoms with Gasteiger partial charge in [-0.3, -0.25) is 0 Å². The van der Waals surface area contributed by atoms with Crippen molar-refractivity contribution >= 4 is 0 Å². The molecule has 1 N–H and O–H groups in total. The van der Waals surface area contributed by atoms with E-state index in [1.165, 1.54) is 6.42 Å². The highest BCUT2D eigenvalue weighted by Crippen LogP contribution is 2.23. The molecule has 0 saturated heterocycles. The van der Waals surface area contributed by atoms with Crippen molar-refractivity contribution in [1.29, 1.82) is 0 Å². The molecule has 64 valence electrons. The lowest BCUT2D eigenvalue weighted by molar-refractivity contribution is 0.342. The van der Waals surface area contributed by atoms with E-state index in [2.05, 4.69) is 31.0 Å². The zero-order chi connectivity index (χ0) is 8.74. The maximum Gasteiger partial charge on any atom is 0.0140 e. The molecule has 0 fully saturated rings. The summed E-state index contributed by atoms with van der Waals surface area (Å²) in [5, 5.41) is 3.15. The quantitative estimate of drug-likeness (QED) is 0.609. The Bertz CT molecular complexity index is 148. The molecule has 0 aliphatic rings. The highest BCUT2D eigenvalue weighted by Gasteiger charge is 2.14. The molecular weight excluding hydrogens is 134 g/mol. The monoisotopic (exact) mass is 153 g/mol. The van der Waals surface area contributed by atoms with Gasteiger partial charge in [-0.2, -0.15) is 0 Å². The Morgan fingerprint density at radius 1 is 1.36 bits per heavy atom. The van der Waals surface area contributed by atoms with E-state index in [1.807, 2.05) is 14.0 Å². The van der Waals surface area contributed by atoms with Crippen molar-refractivity contribution in [2.45, 2.75) is 33.6 Å². The van der Waals surface area contributed by atoms with Crippen LogP contribution in [0.2, 0.25) is 0 Å². The molecule has 0 unspecified atom stereocenters. The van der Waals surface area contributed by atoms with Gasteiger partial charge in [0.2, 0.25) is 0 Å². The van der Waals surface area contributed by atoms with Gasteiger partial charge < -0.3 is 5.32 Å². The molecule has 0 spiro atoms. The second-order valence-corrected chi connectivity index (χ2v) is 3.62. The maximum absolute atomic E-state index is 3.15. The predicted molar refractivity (Wildman–Crippen MR) is 50.4 cm³/mol. The molecule has 11 heavy (non-hydrogen) atoms. The summed E-state index contributed by atoms with van der Waals surface area (Å²) >= 11 is 0. The SMILES string of the molecule is CC#CCC(C)(C)CCNC. The van der Waals surface area contributed by atoms with Gasteiger partial charge in [-0.1, -0.05) is 13.8 Å². The van der Waals surface area contributed by atoms with Crippen molar-refractivity contribution in [1.82, 2.24) is 5.32 Å². The Morgan fingerprint density at radius 3 is 2.45 bits per heavy atom. The van der Waals surface area contributed by atoms with Gasteiger partial charge in [-0.15, -0.1) is 11.8 Å². The predicted octanol–water partition coefficient (Wildman–Crippen LogP) is 2.04. The standard InChI is InChI=1S/C10H19N/c1-5-6-7-10(2,3)8-9-11-4/h11H,7-9H2,1-4H3. The fraction of sp³-hybridized carbons (Fsp3) is 0.800. The van der Waals surface area contributed by atoms with E-state index in [1.54, 1.807) is 0 Å². The largest absolute Gasteiger partial charge is 0.320 e. The number of rotatable bonds is 4. The first kappa shape index (κ1) is 10.5. The lowest BCUT2D eigenvalue weighted by Gasteiger charge is -2.21. The first-order valence-electron chi connectivity index (χ1n) is 4.16. The normalized spacial score (nSPS) is 10.5. The van der Waals surface area contributed by atoms with E-state index in [0.717, 1.165) is 13.0 Å². The van der Waals surface area contributed by atoms with E-state index in [-0.39, 0.29) is 0 Å². The van der Waals surface area contributed by atoms with Gasteiger partial charge in [0, 0.05) is 6.42 Å². The van der Waals surface area contributed by atoms with Gasteiger partial charge in [0.15, 0.2) is 0 Å². The molecule has 0 atom stereocenters. The summed E-state index contributed by atoms with van der Waals surface area (Å²) < 4.78 is 0. The summed E-state index contributed by atoms with van der Waals surface area (Å²) in [5.41, 5.74) is 0.367. The average Bonchev–Trinajstić information content (AvgIpc) is 1.97. The maximum atomic E-state index is 3.15. The Labute approximate surface area is 70.6 Å². The molecule has 0 aromatic carbocycles. The van der Waals surface area contributed by atoms with Crippen LogP contribution < -0.4 is 5.32 Å². The van der Waals surface area contributed by atoms with Gasteiger partial charge in [0.25, 0.3) is 0 Å². The molecule has 0 amide bonds. The molecule has 0 aromatic heterocycles. The van der Waals surface area contributed by atoms with E-state index in [9.17, 15) is 0 Å². The van der Waals surface area contributed by atoms with Crippen molar-refractivity contribution in [3.8, 4) is 11.8 Å². The first-order valence-corrected chi connectivity index (χ1v) is 4.16. The Morgan fingerprint density at radius 2 is 2.00 bits per heavy atom. The number of nitrogens with one attached hydrogen (secondary N) is 1. The van der Waals surface area contributed by atoms with Crippen LogP contribution in [-0.2, 0) is 0 Å². The van der Waals surface area contributed by atoms with E-state index < -0.39 is 0 Å².